The summed E-state index contributed by atoms with van der Waals surface area (Å²) in [7, 11) is 2.21. The topological polar surface area (TPSA) is 15.3 Å². The summed E-state index contributed by atoms with van der Waals surface area (Å²) in [5.74, 6) is 1.76. The van der Waals surface area contributed by atoms with Crippen LogP contribution in [0.4, 0.5) is 5.69 Å². The monoisotopic (exact) mass is 286 g/mol. The first-order valence-corrected chi connectivity index (χ1v) is 8.68. The fourth-order valence-electron chi connectivity index (χ4n) is 4.32. The Morgan fingerprint density at radius 1 is 1.14 bits per heavy atom. The van der Waals surface area contributed by atoms with Gasteiger partial charge in [0, 0.05) is 31.9 Å². The van der Waals surface area contributed by atoms with E-state index in [1.165, 1.54) is 55.5 Å². The standard InChI is InChI=1S/C19H30N2/c1-14-9-15(2)11-18(10-14)20-13-16-6-7-19-17(12-16)5-4-8-21(19)3/h6-7,12,14-15,18,20H,4-5,8-11,13H2,1-3H3. The number of hydrogen-bond acceptors (Lipinski definition) is 2. The Balaban J connectivity index is 1.60. The van der Waals surface area contributed by atoms with Gasteiger partial charge in [-0.3, -0.25) is 0 Å². The van der Waals surface area contributed by atoms with Crippen LogP contribution in [0.5, 0.6) is 0 Å². The molecule has 116 valence electrons. The minimum absolute atomic E-state index is 0.711. The van der Waals surface area contributed by atoms with E-state index in [4.69, 9.17) is 0 Å². The van der Waals surface area contributed by atoms with E-state index in [0.29, 0.717) is 6.04 Å². The molecule has 2 nitrogen and oxygen atoms in total. The van der Waals surface area contributed by atoms with Crippen molar-refractivity contribution in [1.82, 2.24) is 5.32 Å². The predicted octanol–water partition coefficient (Wildman–Crippen LogP) is 3.98. The van der Waals surface area contributed by atoms with Crippen LogP contribution in [0.15, 0.2) is 18.2 Å². The molecule has 2 atom stereocenters. The number of nitrogens with zero attached hydrogens (tertiary/aromatic N) is 1. The molecule has 1 aliphatic carbocycles. The van der Waals surface area contributed by atoms with E-state index in [1.807, 2.05) is 0 Å². The molecule has 1 fully saturated rings. The lowest BCUT2D eigenvalue weighted by Gasteiger charge is -2.32. The van der Waals surface area contributed by atoms with Crippen LogP contribution < -0.4 is 10.2 Å². The zero-order chi connectivity index (χ0) is 14.8. The van der Waals surface area contributed by atoms with Gasteiger partial charge in [-0.15, -0.1) is 0 Å². The predicted molar refractivity (Wildman–Crippen MR) is 90.8 cm³/mol. The molecular formula is C19H30N2. The third-order valence-corrected chi connectivity index (χ3v) is 5.27. The van der Waals surface area contributed by atoms with E-state index < -0.39 is 0 Å². The van der Waals surface area contributed by atoms with Crippen LogP contribution in [-0.2, 0) is 13.0 Å². The zero-order valence-corrected chi connectivity index (χ0v) is 13.9. The van der Waals surface area contributed by atoms with Crippen LogP contribution in [-0.4, -0.2) is 19.6 Å². The summed E-state index contributed by atoms with van der Waals surface area (Å²) in [6.45, 7) is 7.03. The van der Waals surface area contributed by atoms with E-state index in [1.54, 1.807) is 0 Å². The molecule has 0 bridgehead atoms. The minimum atomic E-state index is 0.711. The quantitative estimate of drug-likeness (QED) is 0.904. The van der Waals surface area contributed by atoms with Gasteiger partial charge >= 0.3 is 0 Å². The molecule has 1 aliphatic heterocycles. The molecule has 2 aliphatic rings. The maximum atomic E-state index is 3.80. The summed E-state index contributed by atoms with van der Waals surface area (Å²) in [6, 6.07) is 7.76. The lowest BCUT2D eigenvalue weighted by atomic mass is 9.80. The maximum Gasteiger partial charge on any atom is 0.0396 e. The van der Waals surface area contributed by atoms with E-state index in [9.17, 15) is 0 Å². The van der Waals surface area contributed by atoms with Gasteiger partial charge in [0.05, 0.1) is 0 Å². The molecule has 2 unspecified atom stereocenters. The molecular weight excluding hydrogens is 256 g/mol. The molecule has 21 heavy (non-hydrogen) atoms. The Kier molecular flexibility index (Phi) is 4.54. The molecule has 1 aromatic carbocycles. The Bertz CT molecular complexity index is 472. The fraction of sp³-hybridized carbons (Fsp3) is 0.684. The number of nitrogens with one attached hydrogen (secondary N) is 1. The van der Waals surface area contributed by atoms with Crippen molar-refractivity contribution in [1.29, 1.82) is 0 Å². The van der Waals surface area contributed by atoms with Crippen molar-refractivity contribution in [3.63, 3.8) is 0 Å². The van der Waals surface area contributed by atoms with Crippen molar-refractivity contribution in [3.05, 3.63) is 29.3 Å². The maximum absolute atomic E-state index is 3.80. The van der Waals surface area contributed by atoms with Gasteiger partial charge in [0.25, 0.3) is 0 Å². The number of aryl methyl sites for hydroxylation is 1. The highest BCUT2D eigenvalue weighted by Crippen LogP contribution is 2.29. The molecule has 2 heteroatoms. The Morgan fingerprint density at radius 2 is 1.90 bits per heavy atom. The number of benzene rings is 1. The van der Waals surface area contributed by atoms with Gasteiger partial charge in [0.15, 0.2) is 0 Å². The average molecular weight is 286 g/mol. The first kappa shape index (κ1) is 14.9. The summed E-state index contributed by atoms with van der Waals surface area (Å²) in [6.07, 6.45) is 6.63. The van der Waals surface area contributed by atoms with Crippen molar-refractivity contribution in [2.24, 2.45) is 11.8 Å². The van der Waals surface area contributed by atoms with Crippen LogP contribution >= 0.6 is 0 Å². The van der Waals surface area contributed by atoms with E-state index >= 15 is 0 Å². The third-order valence-electron chi connectivity index (χ3n) is 5.27. The number of hydrogen-bond donors (Lipinski definition) is 1. The van der Waals surface area contributed by atoms with Crippen molar-refractivity contribution in [2.75, 3.05) is 18.5 Å². The van der Waals surface area contributed by atoms with Crippen LogP contribution in [0.3, 0.4) is 0 Å². The van der Waals surface area contributed by atoms with Crippen LogP contribution in [0.2, 0.25) is 0 Å². The molecule has 0 amide bonds. The Labute approximate surface area is 129 Å². The Morgan fingerprint density at radius 3 is 2.67 bits per heavy atom. The zero-order valence-electron chi connectivity index (χ0n) is 13.9. The summed E-state index contributed by atoms with van der Waals surface area (Å²) in [5.41, 5.74) is 4.42. The lowest BCUT2D eigenvalue weighted by Crippen LogP contribution is -2.36. The summed E-state index contributed by atoms with van der Waals surface area (Å²) >= 11 is 0. The van der Waals surface area contributed by atoms with E-state index in [2.05, 4.69) is 49.3 Å². The number of fused-ring (bicyclic) bond motifs is 1. The molecule has 1 heterocycles. The minimum Gasteiger partial charge on any atom is -0.374 e. The van der Waals surface area contributed by atoms with Gasteiger partial charge in [0.2, 0.25) is 0 Å². The van der Waals surface area contributed by atoms with Crippen LogP contribution in [0.25, 0.3) is 0 Å². The van der Waals surface area contributed by atoms with Gasteiger partial charge in [0.1, 0.15) is 0 Å². The summed E-state index contributed by atoms with van der Waals surface area (Å²) < 4.78 is 0. The second-order valence-electron chi connectivity index (χ2n) is 7.48. The van der Waals surface area contributed by atoms with Gasteiger partial charge in [-0.05, 0) is 61.1 Å². The molecule has 3 rings (SSSR count). The van der Waals surface area contributed by atoms with Gasteiger partial charge < -0.3 is 10.2 Å². The average Bonchev–Trinajstić information content (AvgIpc) is 2.44. The second kappa shape index (κ2) is 6.39. The van der Waals surface area contributed by atoms with E-state index in [0.717, 1.165) is 18.4 Å². The molecule has 0 spiro atoms. The van der Waals surface area contributed by atoms with Crippen molar-refractivity contribution in [3.8, 4) is 0 Å². The lowest BCUT2D eigenvalue weighted by molar-refractivity contribution is 0.238. The van der Waals surface area contributed by atoms with Gasteiger partial charge in [-0.1, -0.05) is 26.0 Å². The van der Waals surface area contributed by atoms with Crippen LogP contribution in [0, 0.1) is 11.8 Å². The normalized spacial score (nSPS) is 29.3. The molecule has 0 radical (unpaired) electrons. The van der Waals surface area contributed by atoms with Gasteiger partial charge in [-0.2, -0.15) is 0 Å². The molecule has 1 saturated carbocycles. The van der Waals surface area contributed by atoms with Crippen molar-refractivity contribution < 1.29 is 0 Å². The molecule has 0 aromatic heterocycles. The third kappa shape index (κ3) is 3.60. The SMILES string of the molecule is CC1CC(C)CC(NCc2ccc3c(c2)CCCN3C)C1. The van der Waals surface area contributed by atoms with Gasteiger partial charge in [-0.25, -0.2) is 0 Å². The summed E-state index contributed by atoms with van der Waals surface area (Å²) in [5, 5.41) is 3.80. The number of anilines is 1. The first-order valence-electron chi connectivity index (χ1n) is 8.68. The van der Waals surface area contributed by atoms with Crippen molar-refractivity contribution in [2.45, 2.75) is 58.5 Å². The molecule has 1 N–H and O–H groups in total. The van der Waals surface area contributed by atoms with Crippen molar-refractivity contribution >= 4 is 5.69 Å². The smallest absolute Gasteiger partial charge is 0.0396 e. The summed E-state index contributed by atoms with van der Waals surface area (Å²) in [4.78, 5) is 2.39. The number of rotatable bonds is 3. The Hall–Kier alpha value is -1.02. The van der Waals surface area contributed by atoms with E-state index in [-0.39, 0.29) is 0 Å². The fourth-order valence-corrected chi connectivity index (χ4v) is 4.32. The highest BCUT2D eigenvalue weighted by atomic mass is 15.1. The van der Waals surface area contributed by atoms with Crippen LogP contribution in [0.1, 0.15) is 50.7 Å². The largest absolute Gasteiger partial charge is 0.374 e. The second-order valence-corrected chi connectivity index (χ2v) is 7.48. The highest BCUT2D eigenvalue weighted by Gasteiger charge is 2.23. The molecule has 1 aromatic rings. The first-order chi connectivity index (χ1) is 10.1. The highest BCUT2D eigenvalue weighted by molar-refractivity contribution is 5.56. The molecule has 0 saturated heterocycles.